The van der Waals surface area contributed by atoms with E-state index in [1.54, 1.807) is 6.20 Å². The Balaban J connectivity index is 1.41. The molecule has 0 bridgehead atoms. The van der Waals surface area contributed by atoms with E-state index in [1.807, 2.05) is 34.5 Å². The van der Waals surface area contributed by atoms with Crippen LogP contribution in [0.3, 0.4) is 0 Å². The molecule has 0 atom stereocenters. The topological polar surface area (TPSA) is 48.3 Å². The summed E-state index contributed by atoms with van der Waals surface area (Å²) in [7, 11) is 0. The van der Waals surface area contributed by atoms with Gasteiger partial charge in [0.15, 0.2) is 0 Å². The number of para-hydroxylation sites is 1. The molecule has 146 valence electrons. The van der Waals surface area contributed by atoms with Crippen LogP contribution in [0.2, 0.25) is 0 Å². The van der Waals surface area contributed by atoms with E-state index in [9.17, 15) is 0 Å². The lowest BCUT2D eigenvalue weighted by Gasteiger charge is -2.40. The Hall–Kier alpha value is -2.15. The van der Waals surface area contributed by atoms with Crippen molar-refractivity contribution in [3.8, 4) is 16.2 Å². The molecule has 0 saturated carbocycles. The number of fused-ring (bicyclic) bond motifs is 2. The van der Waals surface area contributed by atoms with E-state index >= 15 is 0 Å². The molecule has 1 fully saturated rings. The molecule has 0 amide bonds. The van der Waals surface area contributed by atoms with Crippen LogP contribution in [0.5, 0.6) is 5.75 Å². The third-order valence-electron chi connectivity index (χ3n) is 5.70. The summed E-state index contributed by atoms with van der Waals surface area (Å²) in [5, 5.41) is 3.47. The normalized spacial score (nSPS) is 18.1. The lowest BCUT2D eigenvalue weighted by molar-refractivity contribution is -0.0771. The minimum absolute atomic E-state index is 0.0844. The van der Waals surface area contributed by atoms with Crippen LogP contribution in [0.1, 0.15) is 23.3 Å². The summed E-state index contributed by atoms with van der Waals surface area (Å²) in [5.41, 5.74) is 2.55. The molecule has 28 heavy (non-hydrogen) atoms. The quantitative estimate of drug-likeness (QED) is 0.713. The first kappa shape index (κ1) is 17.9. The van der Waals surface area contributed by atoms with Gasteiger partial charge >= 0.3 is 0 Å². The number of thiophene rings is 1. The molecule has 5 rings (SSSR count). The molecule has 0 aliphatic carbocycles. The Labute approximate surface area is 169 Å². The largest absolute Gasteiger partial charge is 0.491 e. The van der Waals surface area contributed by atoms with Crippen molar-refractivity contribution < 1.29 is 9.47 Å². The highest BCUT2D eigenvalue weighted by Gasteiger charge is 2.40. The molecule has 5 nitrogen and oxygen atoms in total. The molecule has 1 aromatic carbocycles. The summed E-state index contributed by atoms with van der Waals surface area (Å²) < 4.78 is 14.5. The fourth-order valence-corrected chi connectivity index (χ4v) is 5.67. The molecule has 4 heterocycles. The highest BCUT2D eigenvalue weighted by atomic mass is 32.1. The zero-order chi connectivity index (χ0) is 18.8. The number of benzene rings is 1. The SMILES string of the molecule is c1ccc(-c2cc3c(s2)C2(CCNCC2)OCC3)c(OCCn2ccnc2)c1. The molecule has 2 aromatic heterocycles. The molecular formula is C22H25N3O2S. The van der Waals surface area contributed by atoms with Crippen molar-refractivity contribution in [3.63, 3.8) is 0 Å². The van der Waals surface area contributed by atoms with Crippen LogP contribution in [0.15, 0.2) is 49.1 Å². The van der Waals surface area contributed by atoms with Gasteiger partial charge < -0.3 is 19.4 Å². The molecule has 1 saturated heterocycles. The second kappa shape index (κ2) is 7.70. The molecule has 1 spiro atoms. The van der Waals surface area contributed by atoms with Gasteiger partial charge in [0.2, 0.25) is 0 Å². The molecule has 1 N–H and O–H groups in total. The summed E-state index contributed by atoms with van der Waals surface area (Å²) in [6.45, 7) is 4.30. The number of piperidine rings is 1. The number of rotatable bonds is 5. The van der Waals surface area contributed by atoms with E-state index in [1.165, 1.54) is 20.9 Å². The molecule has 0 radical (unpaired) electrons. The van der Waals surface area contributed by atoms with Crippen molar-refractivity contribution in [3.05, 3.63) is 59.5 Å². The first-order valence-corrected chi connectivity index (χ1v) is 10.8. The van der Waals surface area contributed by atoms with Gasteiger partial charge in [-0.25, -0.2) is 4.98 Å². The zero-order valence-corrected chi connectivity index (χ0v) is 16.7. The Bertz CT molecular complexity index is 929. The fraction of sp³-hybridized carbons (Fsp3) is 0.409. The van der Waals surface area contributed by atoms with Gasteiger partial charge in [-0.1, -0.05) is 12.1 Å². The Morgan fingerprint density at radius 2 is 2.14 bits per heavy atom. The number of ether oxygens (including phenoxy) is 2. The zero-order valence-electron chi connectivity index (χ0n) is 15.9. The summed E-state index contributed by atoms with van der Waals surface area (Å²) in [6, 6.07) is 10.7. The second-order valence-electron chi connectivity index (χ2n) is 7.45. The number of nitrogens with one attached hydrogen (secondary N) is 1. The highest BCUT2D eigenvalue weighted by Crippen LogP contribution is 2.47. The maximum absolute atomic E-state index is 6.35. The number of imidazole rings is 1. The predicted molar refractivity (Wildman–Crippen MR) is 111 cm³/mol. The summed E-state index contributed by atoms with van der Waals surface area (Å²) >= 11 is 1.89. The molecule has 2 aliphatic rings. The molecule has 3 aromatic rings. The predicted octanol–water partition coefficient (Wildman–Crippen LogP) is 3.84. The minimum atomic E-state index is -0.0844. The van der Waals surface area contributed by atoms with Crippen molar-refractivity contribution in [1.82, 2.24) is 14.9 Å². The monoisotopic (exact) mass is 395 g/mol. The van der Waals surface area contributed by atoms with E-state index in [4.69, 9.17) is 9.47 Å². The first-order valence-electron chi connectivity index (χ1n) is 10.00. The van der Waals surface area contributed by atoms with E-state index in [0.29, 0.717) is 6.61 Å². The van der Waals surface area contributed by atoms with Gasteiger partial charge in [0.05, 0.1) is 19.5 Å². The van der Waals surface area contributed by atoms with Gasteiger partial charge in [0.25, 0.3) is 0 Å². The van der Waals surface area contributed by atoms with Gasteiger partial charge in [0, 0.05) is 27.7 Å². The lowest BCUT2D eigenvalue weighted by Crippen LogP contribution is -2.43. The van der Waals surface area contributed by atoms with Crippen molar-refractivity contribution in [2.45, 2.75) is 31.4 Å². The van der Waals surface area contributed by atoms with E-state index in [0.717, 1.165) is 51.3 Å². The smallest absolute Gasteiger partial charge is 0.128 e. The van der Waals surface area contributed by atoms with Crippen molar-refractivity contribution in [2.24, 2.45) is 0 Å². The van der Waals surface area contributed by atoms with Gasteiger partial charge in [-0.3, -0.25) is 0 Å². The number of hydrogen-bond donors (Lipinski definition) is 1. The standard InChI is InChI=1S/C22H25N3O2S/c1-2-4-19(26-14-12-25-11-10-24-16-25)18(3-1)20-15-17-5-13-27-22(21(17)28-20)6-8-23-9-7-22/h1-4,10-11,15-16,23H,5-9,12-14H2. The minimum Gasteiger partial charge on any atom is -0.491 e. The first-order chi connectivity index (χ1) is 13.8. The number of hydrogen-bond acceptors (Lipinski definition) is 5. The van der Waals surface area contributed by atoms with Crippen molar-refractivity contribution in [1.29, 1.82) is 0 Å². The van der Waals surface area contributed by atoms with Gasteiger partial charge in [-0.15, -0.1) is 11.3 Å². The third kappa shape index (κ3) is 3.36. The fourth-order valence-electron chi connectivity index (χ4n) is 4.23. The molecular weight excluding hydrogens is 370 g/mol. The molecule has 0 unspecified atom stereocenters. The maximum atomic E-state index is 6.35. The Morgan fingerprint density at radius 1 is 1.25 bits per heavy atom. The summed E-state index contributed by atoms with van der Waals surface area (Å²) in [6.07, 6.45) is 8.70. The van der Waals surface area contributed by atoms with Crippen LogP contribution in [0, 0.1) is 0 Å². The molecule has 2 aliphatic heterocycles. The third-order valence-corrected chi connectivity index (χ3v) is 7.10. The van der Waals surface area contributed by atoms with Gasteiger partial charge in [-0.2, -0.15) is 0 Å². The maximum Gasteiger partial charge on any atom is 0.128 e. The summed E-state index contributed by atoms with van der Waals surface area (Å²) in [5.74, 6) is 0.946. The lowest BCUT2D eigenvalue weighted by atomic mass is 9.86. The second-order valence-corrected chi connectivity index (χ2v) is 8.51. The van der Waals surface area contributed by atoms with E-state index in [-0.39, 0.29) is 5.60 Å². The van der Waals surface area contributed by atoms with Crippen LogP contribution in [-0.2, 0) is 23.3 Å². The Morgan fingerprint density at radius 3 is 3.00 bits per heavy atom. The van der Waals surface area contributed by atoms with Crippen LogP contribution in [0.4, 0.5) is 0 Å². The van der Waals surface area contributed by atoms with Gasteiger partial charge in [0.1, 0.15) is 18.0 Å². The van der Waals surface area contributed by atoms with E-state index < -0.39 is 0 Å². The van der Waals surface area contributed by atoms with Crippen molar-refractivity contribution >= 4 is 11.3 Å². The van der Waals surface area contributed by atoms with Gasteiger partial charge in [-0.05, 0) is 56.1 Å². The van der Waals surface area contributed by atoms with E-state index in [2.05, 4.69) is 34.6 Å². The summed E-state index contributed by atoms with van der Waals surface area (Å²) in [4.78, 5) is 6.80. The average Bonchev–Trinajstić information content (AvgIpc) is 3.40. The van der Waals surface area contributed by atoms with Crippen LogP contribution in [-0.4, -0.2) is 35.9 Å². The van der Waals surface area contributed by atoms with Crippen LogP contribution < -0.4 is 10.1 Å². The number of aromatic nitrogens is 2. The molecule has 6 heteroatoms. The average molecular weight is 396 g/mol. The van der Waals surface area contributed by atoms with Crippen LogP contribution >= 0.6 is 11.3 Å². The van der Waals surface area contributed by atoms with Crippen LogP contribution in [0.25, 0.3) is 10.4 Å². The number of nitrogens with zero attached hydrogens (tertiary/aromatic N) is 2. The highest BCUT2D eigenvalue weighted by molar-refractivity contribution is 7.15. The Kier molecular flexibility index (Phi) is 4.93. The van der Waals surface area contributed by atoms with Crippen molar-refractivity contribution in [2.75, 3.05) is 26.3 Å².